The molecule has 0 amide bonds. The lowest BCUT2D eigenvalue weighted by Crippen LogP contribution is -2.32. The van der Waals surface area contributed by atoms with E-state index in [1.54, 1.807) is 6.20 Å². The van der Waals surface area contributed by atoms with Crippen molar-refractivity contribution in [2.24, 2.45) is 0 Å². The van der Waals surface area contributed by atoms with Crippen LogP contribution in [-0.2, 0) is 6.54 Å². The highest BCUT2D eigenvalue weighted by Crippen LogP contribution is 2.32. The van der Waals surface area contributed by atoms with Gasteiger partial charge in [0, 0.05) is 6.04 Å². The quantitative estimate of drug-likeness (QED) is 0.918. The Morgan fingerprint density at radius 1 is 1.15 bits per heavy atom. The molecule has 0 aliphatic heterocycles. The largest absolute Gasteiger partial charge is 0.445 e. The molecule has 0 unspecified atom stereocenters. The van der Waals surface area contributed by atoms with Crippen LogP contribution in [-0.4, -0.2) is 11.0 Å². The Morgan fingerprint density at radius 2 is 1.90 bits per heavy atom. The molecule has 106 valence electrons. The number of nitrogens with zero attached hydrogens (tertiary/aromatic N) is 1. The molecule has 0 spiro atoms. The van der Waals surface area contributed by atoms with E-state index in [4.69, 9.17) is 4.42 Å². The van der Waals surface area contributed by atoms with Gasteiger partial charge in [-0.2, -0.15) is 0 Å². The van der Waals surface area contributed by atoms with Crippen LogP contribution >= 0.6 is 0 Å². The topological polar surface area (TPSA) is 38.1 Å². The van der Waals surface area contributed by atoms with Gasteiger partial charge in [0.2, 0.25) is 5.89 Å². The van der Waals surface area contributed by atoms with Crippen molar-refractivity contribution >= 4 is 0 Å². The zero-order valence-electron chi connectivity index (χ0n) is 12.0. The fraction of sp³-hybridized carbons (Fsp3) is 0.471. The van der Waals surface area contributed by atoms with Crippen molar-refractivity contribution in [1.82, 2.24) is 10.3 Å². The second-order valence-corrected chi connectivity index (χ2v) is 5.70. The van der Waals surface area contributed by atoms with Gasteiger partial charge in [-0.3, -0.25) is 0 Å². The number of aryl methyl sites for hydroxylation is 1. The summed E-state index contributed by atoms with van der Waals surface area (Å²) in [6.45, 7) is 2.68. The molecule has 1 heterocycles. The minimum atomic E-state index is 0.599. The van der Waals surface area contributed by atoms with Gasteiger partial charge in [-0.25, -0.2) is 4.98 Å². The predicted octanol–water partition coefficient (Wildman–Crippen LogP) is 3.80. The summed E-state index contributed by atoms with van der Waals surface area (Å²) in [5.41, 5.74) is 1.49. The van der Waals surface area contributed by atoms with Crippen LogP contribution in [0.4, 0.5) is 0 Å². The maximum Gasteiger partial charge on any atom is 0.208 e. The second-order valence-electron chi connectivity index (χ2n) is 5.70. The van der Waals surface area contributed by atoms with Gasteiger partial charge in [0.1, 0.15) is 5.76 Å². The fourth-order valence-electron chi connectivity index (χ4n) is 3.07. The predicted molar refractivity (Wildman–Crippen MR) is 79.5 cm³/mol. The van der Waals surface area contributed by atoms with Crippen molar-refractivity contribution in [3.8, 4) is 0 Å². The third-order valence-corrected chi connectivity index (χ3v) is 4.21. The van der Waals surface area contributed by atoms with Crippen LogP contribution in [0.5, 0.6) is 0 Å². The Balaban J connectivity index is 1.47. The molecule has 3 rings (SSSR count). The average Bonchev–Trinajstić information content (AvgIpc) is 2.92. The van der Waals surface area contributed by atoms with E-state index < -0.39 is 0 Å². The van der Waals surface area contributed by atoms with Crippen LogP contribution < -0.4 is 5.32 Å². The van der Waals surface area contributed by atoms with Crippen LogP contribution in [0.25, 0.3) is 0 Å². The molecule has 3 heteroatoms. The second kappa shape index (κ2) is 6.23. The van der Waals surface area contributed by atoms with Crippen molar-refractivity contribution in [2.45, 2.75) is 51.1 Å². The molecule has 0 saturated heterocycles. The van der Waals surface area contributed by atoms with Crippen molar-refractivity contribution in [1.29, 1.82) is 0 Å². The molecule has 2 aromatic rings. The number of rotatable bonds is 4. The zero-order valence-corrected chi connectivity index (χ0v) is 12.0. The fourth-order valence-corrected chi connectivity index (χ4v) is 3.07. The summed E-state index contributed by atoms with van der Waals surface area (Å²) < 4.78 is 5.49. The highest BCUT2D eigenvalue weighted by Gasteiger charge is 2.22. The van der Waals surface area contributed by atoms with Gasteiger partial charge in [0.05, 0.1) is 12.7 Å². The number of nitrogens with one attached hydrogen (secondary N) is 1. The summed E-state index contributed by atoms with van der Waals surface area (Å²) in [6, 6.07) is 11.5. The first-order chi connectivity index (χ1) is 9.81. The van der Waals surface area contributed by atoms with Gasteiger partial charge in [-0.1, -0.05) is 30.3 Å². The number of hydrogen-bond donors (Lipinski definition) is 1. The van der Waals surface area contributed by atoms with E-state index in [0.29, 0.717) is 6.04 Å². The molecular weight excluding hydrogens is 248 g/mol. The van der Waals surface area contributed by atoms with E-state index in [-0.39, 0.29) is 0 Å². The highest BCUT2D eigenvalue weighted by molar-refractivity contribution is 5.20. The molecule has 1 aliphatic carbocycles. The van der Waals surface area contributed by atoms with E-state index in [9.17, 15) is 0 Å². The lowest BCUT2D eigenvalue weighted by Gasteiger charge is -2.29. The monoisotopic (exact) mass is 270 g/mol. The molecule has 1 N–H and O–H groups in total. The lowest BCUT2D eigenvalue weighted by molar-refractivity contribution is 0.327. The SMILES string of the molecule is Cc1cnc(CNC2CCC(c3ccccc3)CC2)o1. The minimum absolute atomic E-state index is 0.599. The van der Waals surface area contributed by atoms with Crippen molar-refractivity contribution in [3.63, 3.8) is 0 Å². The van der Waals surface area contributed by atoms with Gasteiger partial charge in [-0.05, 0) is 44.1 Å². The number of hydrogen-bond acceptors (Lipinski definition) is 3. The summed E-state index contributed by atoms with van der Waals surface area (Å²) in [5, 5.41) is 3.57. The first kappa shape index (κ1) is 13.4. The van der Waals surface area contributed by atoms with Crippen LogP contribution in [0.15, 0.2) is 40.9 Å². The van der Waals surface area contributed by atoms with Gasteiger partial charge in [0.25, 0.3) is 0 Å². The Labute approximate surface area is 120 Å². The van der Waals surface area contributed by atoms with Gasteiger partial charge >= 0.3 is 0 Å². The van der Waals surface area contributed by atoms with Crippen molar-refractivity contribution < 1.29 is 4.42 Å². The van der Waals surface area contributed by atoms with Crippen LogP contribution in [0.1, 0.15) is 48.8 Å². The normalized spacial score (nSPS) is 22.9. The smallest absolute Gasteiger partial charge is 0.208 e. The summed E-state index contributed by atoms with van der Waals surface area (Å²) in [4.78, 5) is 4.23. The third-order valence-electron chi connectivity index (χ3n) is 4.21. The molecule has 1 aromatic carbocycles. The molecule has 1 saturated carbocycles. The van der Waals surface area contributed by atoms with Gasteiger partial charge in [-0.15, -0.1) is 0 Å². The molecule has 1 fully saturated rings. The van der Waals surface area contributed by atoms with E-state index in [1.807, 2.05) is 6.92 Å². The maximum atomic E-state index is 5.49. The van der Waals surface area contributed by atoms with E-state index in [2.05, 4.69) is 40.6 Å². The van der Waals surface area contributed by atoms with Gasteiger partial charge < -0.3 is 9.73 Å². The minimum Gasteiger partial charge on any atom is -0.445 e. The molecule has 1 aliphatic rings. The number of aromatic nitrogens is 1. The van der Waals surface area contributed by atoms with Gasteiger partial charge in [0.15, 0.2) is 0 Å². The molecule has 1 aromatic heterocycles. The molecule has 0 atom stereocenters. The Kier molecular flexibility index (Phi) is 4.16. The van der Waals surface area contributed by atoms with Crippen LogP contribution in [0.3, 0.4) is 0 Å². The van der Waals surface area contributed by atoms with E-state index in [1.165, 1.54) is 31.2 Å². The molecule has 0 bridgehead atoms. The Morgan fingerprint density at radius 3 is 2.55 bits per heavy atom. The average molecular weight is 270 g/mol. The highest BCUT2D eigenvalue weighted by atomic mass is 16.4. The molecular formula is C17H22N2O. The first-order valence-corrected chi connectivity index (χ1v) is 7.51. The summed E-state index contributed by atoms with van der Waals surface area (Å²) in [5.74, 6) is 2.42. The summed E-state index contributed by atoms with van der Waals surface area (Å²) in [6.07, 6.45) is 6.79. The summed E-state index contributed by atoms with van der Waals surface area (Å²) >= 11 is 0. The maximum absolute atomic E-state index is 5.49. The molecule has 3 nitrogen and oxygen atoms in total. The van der Waals surface area contributed by atoms with Crippen LogP contribution in [0.2, 0.25) is 0 Å². The van der Waals surface area contributed by atoms with E-state index >= 15 is 0 Å². The Hall–Kier alpha value is -1.61. The molecule has 20 heavy (non-hydrogen) atoms. The third kappa shape index (κ3) is 3.28. The standard InChI is InChI=1S/C17H22N2O/c1-13-11-19-17(20-13)12-18-16-9-7-15(8-10-16)14-5-3-2-4-6-14/h2-6,11,15-16,18H,7-10,12H2,1H3. The van der Waals surface area contributed by atoms with E-state index in [0.717, 1.165) is 24.1 Å². The number of benzene rings is 1. The van der Waals surface area contributed by atoms with Crippen molar-refractivity contribution in [3.05, 3.63) is 53.7 Å². The Bertz CT molecular complexity index is 527. The summed E-state index contributed by atoms with van der Waals surface area (Å²) in [7, 11) is 0. The first-order valence-electron chi connectivity index (χ1n) is 7.51. The number of oxazole rings is 1. The lowest BCUT2D eigenvalue weighted by atomic mass is 9.82. The molecule has 0 radical (unpaired) electrons. The van der Waals surface area contributed by atoms with Crippen molar-refractivity contribution in [2.75, 3.05) is 0 Å². The zero-order chi connectivity index (χ0) is 13.8. The van der Waals surface area contributed by atoms with Crippen LogP contribution in [0, 0.1) is 6.92 Å².